The maximum atomic E-state index is 12.8. The summed E-state index contributed by atoms with van der Waals surface area (Å²) >= 11 is 0. The third-order valence-corrected chi connectivity index (χ3v) is 6.43. The van der Waals surface area contributed by atoms with E-state index in [1.165, 1.54) is 10.4 Å². The summed E-state index contributed by atoms with van der Waals surface area (Å²) < 4.78 is 32.5. The summed E-state index contributed by atoms with van der Waals surface area (Å²) in [6.07, 6.45) is 3.05. The van der Waals surface area contributed by atoms with Crippen LogP contribution in [0.25, 0.3) is 0 Å². The Balaban J connectivity index is 1.82. The summed E-state index contributed by atoms with van der Waals surface area (Å²) in [7, 11) is -3.60. The fourth-order valence-corrected chi connectivity index (χ4v) is 4.77. The molecule has 1 aromatic carbocycles. The van der Waals surface area contributed by atoms with Gasteiger partial charge in [0, 0.05) is 31.7 Å². The number of nitrogens with zero attached hydrogens (tertiary/aromatic N) is 2. The summed E-state index contributed by atoms with van der Waals surface area (Å²) in [4.78, 5) is 14.6. The molecule has 0 aliphatic carbocycles. The minimum absolute atomic E-state index is 0.0814. The summed E-state index contributed by atoms with van der Waals surface area (Å²) in [5.41, 5.74) is 0.444. The minimum atomic E-state index is -3.60. The van der Waals surface area contributed by atoms with Crippen LogP contribution in [0, 0.1) is 0 Å². The molecule has 2 fully saturated rings. The number of carbonyl (C=O) groups is 1. The summed E-state index contributed by atoms with van der Waals surface area (Å²) in [6, 6.07) is 6.40. The van der Waals surface area contributed by atoms with Gasteiger partial charge in [0.05, 0.1) is 17.6 Å². The first-order valence-corrected chi connectivity index (χ1v) is 9.93. The van der Waals surface area contributed by atoms with Gasteiger partial charge in [-0.05, 0) is 44.4 Å². The maximum Gasteiger partial charge on any atom is 0.253 e. The first-order valence-electron chi connectivity index (χ1n) is 8.49. The molecule has 3 rings (SSSR count). The normalized spacial score (nSPS) is 23.2. The van der Waals surface area contributed by atoms with Gasteiger partial charge in [-0.15, -0.1) is 0 Å². The SMILES string of the molecule is CC1CN(S(=O)(=O)c2cccc(C(=O)N3CCCCC3)c2)CCO1. The molecule has 2 aliphatic heterocycles. The molecule has 0 spiro atoms. The Kier molecular flexibility index (Phi) is 5.22. The van der Waals surface area contributed by atoms with E-state index >= 15 is 0 Å². The predicted octanol–water partition coefficient (Wildman–Crippen LogP) is 1.72. The van der Waals surface area contributed by atoms with Gasteiger partial charge in [0.15, 0.2) is 0 Å². The van der Waals surface area contributed by atoms with Gasteiger partial charge < -0.3 is 9.64 Å². The van der Waals surface area contributed by atoms with E-state index in [0.29, 0.717) is 25.3 Å². The van der Waals surface area contributed by atoms with Crippen molar-refractivity contribution in [2.45, 2.75) is 37.2 Å². The van der Waals surface area contributed by atoms with Crippen LogP contribution in [0.2, 0.25) is 0 Å². The number of hydrogen-bond donors (Lipinski definition) is 0. The Morgan fingerprint density at radius 1 is 1.17 bits per heavy atom. The number of rotatable bonds is 3. The molecule has 132 valence electrons. The Hall–Kier alpha value is -1.44. The lowest BCUT2D eigenvalue weighted by Crippen LogP contribution is -2.44. The van der Waals surface area contributed by atoms with Crippen LogP contribution in [-0.2, 0) is 14.8 Å². The van der Waals surface area contributed by atoms with Crippen molar-refractivity contribution >= 4 is 15.9 Å². The van der Waals surface area contributed by atoms with E-state index in [1.807, 2.05) is 11.8 Å². The second-order valence-corrected chi connectivity index (χ2v) is 8.36. The first-order chi connectivity index (χ1) is 11.5. The molecule has 2 heterocycles. The highest BCUT2D eigenvalue weighted by atomic mass is 32.2. The second-order valence-electron chi connectivity index (χ2n) is 6.43. The molecule has 7 heteroatoms. The Bertz CT molecular complexity index is 698. The molecule has 0 aromatic heterocycles. The van der Waals surface area contributed by atoms with Gasteiger partial charge in [-0.1, -0.05) is 6.07 Å². The van der Waals surface area contributed by atoms with Gasteiger partial charge in [0.25, 0.3) is 5.91 Å². The Labute approximate surface area is 143 Å². The fraction of sp³-hybridized carbons (Fsp3) is 0.588. The molecule has 2 aliphatic rings. The molecule has 24 heavy (non-hydrogen) atoms. The Morgan fingerprint density at radius 2 is 1.92 bits per heavy atom. The van der Waals surface area contributed by atoms with Crippen LogP contribution in [0.1, 0.15) is 36.5 Å². The van der Waals surface area contributed by atoms with E-state index in [1.54, 1.807) is 18.2 Å². The average Bonchev–Trinajstić information content (AvgIpc) is 2.62. The summed E-state index contributed by atoms with van der Waals surface area (Å²) in [6.45, 7) is 4.43. The molecular weight excluding hydrogens is 328 g/mol. The van der Waals surface area contributed by atoms with Crippen LogP contribution in [-0.4, -0.2) is 62.4 Å². The molecule has 0 saturated carbocycles. The summed E-state index contributed by atoms with van der Waals surface area (Å²) in [5.74, 6) is -0.0814. The van der Waals surface area contributed by atoms with Gasteiger partial charge in [0.1, 0.15) is 0 Å². The van der Waals surface area contributed by atoms with E-state index in [2.05, 4.69) is 0 Å². The number of morpholine rings is 1. The fourth-order valence-electron chi connectivity index (χ4n) is 3.22. The quantitative estimate of drug-likeness (QED) is 0.831. The highest BCUT2D eigenvalue weighted by Crippen LogP contribution is 2.21. The van der Waals surface area contributed by atoms with Crippen LogP contribution < -0.4 is 0 Å². The molecule has 0 N–H and O–H groups in total. The monoisotopic (exact) mass is 352 g/mol. The lowest BCUT2D eigenvalue weighted by atomic mass is 10.1. The zero-order valence-corrected chi connectivity index (χ0v) is 14.8. The van der Waals surface area contributed by atoms with Crippen LogP contribution in [0.5, 0.6) is 0 Å². The lowest BCUT2D eigenvalue weighted by molar-refractivity contribution is 0.0102. The molecule has 1 atom stereocenters. The van der Waals surface area contributed by atoms with Gasteiger partial charge in [-0.2, -0.15) is 4.31 Å². The zero-order chi connectivity index (χ0) is 17.2. The standard InChI is InChI=1S/C17H24N2O4S/c1-14-13-19(10-11-23-14)24(21,22)16-7-5-6-15(12-16)17(20)18-8-3-2-4-9-18/h5-7,12,14H,2-4,8-11,13H2,1H3. The third-order valence-electron chi connectivity index (χ3n) is 4.57. The number of likely N-dealkylation sites (tertiary alicyclic amines) is 1. The van der Waals surface area contributed by atoms with Crippen molar-refractivity contribution in [3.8, 4) is 0 Å². The molecule has 0 radical (unpaired) electrons. The number of piperidine rings is 1. The predicted molar refractivity (Wildman–Crippen MR) is 90.4 cm³/mol. The van der Waals surface area contributed by atoms with Gasteiger partial charge in [0.2, 0.25) is 10.0 Å². The number of amides is 1. The van der Waals surface area contributed by atoms with Crippen molar-refractivity contribution < 1.29 is 17.9 Å². The number of benzene rings is 1. The maximum absolute atomic E-state index is 12.8. The second kappa shape index (κ2) is 7.21. The van der Waals surface area contributed by atoms with Crippen molar-refractivity contribution in [1.29, 1.82) is 0 Å². The van der Waals surface area contributed by atoms with Crippen molar-refractivity contribution in [2.75, 3.05) is 32.8 Å². The molecule has 0 bridgehead atoms. The van der Waals surface area contributed by atoms with E-state index < -0.39 is 10.0 Å². The highest BCUT2D eigenvalue weighted by Gasteiger charge is 2.30. The van der Waals surface area contributed by atoms with Crippen molar-refractivity contribution in [2.24, 2.45) is 0 Å². The van der Waals surface area contributed by atoms with Gasteiger partial charge >= 0.3 is 0 Å². The number of ether oxygens (including phenoxy) is 1. The molecular formula is C17H24N2O4S. The average molecular weight is 352 g/mol. The first kappa shape index (κ1) is 17.4. The molecule has 1 aromatic rings. The lowest BCUT2D eigenvalue weighted by Gasteiger charge is -2.30. The largest absolute Gasteiger partial charge is 0.376 e. The van der Waals surface area contributed by atoms with Gasteiger partial charge in [-0.25, -0.2) is 8.42 Å². The number of hydrogen-bond acceptors (Lipinski definition) is 4. The van der Waals surface area contributed by atoms with Gasteiger partial charge in [-0.3, -0.25) is 4.79 Å². The molecule has 2 saturated heterocycles. The topological polar surface area (TPSA) is 66.9 Å². The highest BCUT2D eigenvalue weighted by molar-refractivity contribution is 7.89. The van der Waals surface area contributed by atoms with Crippen molar-refractivity contribution in [3.05, 3.63) is 29.8 Å². The zero-order valence-electron chi connectivity index (χ0n) is 14.0. The van der Waals surface area contributed by atoms with E-state index in [-0.39, 0.29) is 16.9 Å². The Morgan fingerprint density at radius 3 is 2.62 bits per heavy atom. The third kappa shape index (κ3) is 3.63. The number of carbonyl (C=O) groups excluding carboxylic acids is 1. The van der Waals surface area contributed by atoms with Crippen molar-refractivity contribution in [1.82, 2.24) is 9.21 Å². The molecule has 6 nitrogen and oxygen atoms in total. The van der Waals surface area contributed by atoms with Crippen LogP contribution >= 0.6 is 0 Å². The molecule has 1 unspecified atom stereocenters. The van der Waals surface area contributed by atoms with E-state index in [9.17, 15) is 13.2 Å². The van der Waals surface area contributed by atoms with E-state index in [4.69, 9.17) is 4.74 Å². The van der Waals surface area contributed by atoms with Crippen LogP contribution in [0.4, 0.5) is 0 Å². The smallest absolute Gasteiger partial charge is 0.253 e. The van der Waals surface area contributed by atoms with Crippen LogP contribution in [0.15, 0.2) is 29.2 Å². The minimum Gasteiger partial charge on any atom is -0.376 e. The van der Waals surface area contributed by atoms with Crippen molar-refractivity contribution in [3.63, 3.8) is 0 Å². The van der Waals surface area contributed by atoms with Crippen LogP contribution in [0.3, 0.4) is 0 Å². The van der Waals surface area contributed by atoms with E-state index in [0.717, 1.165) is 32.4 Å². The number of sulfonamides is 1. The molecule has 1 amide bonds. The summed E-state index contributed by atoms with van der Waals surface area (Å²) in [5, 5.41) is 0.